The van der Waals surface area contributed by atoms with Crippen molar-refractivity contribution in [1.82, 2.24) is 15.2 Å². The molecule has 0 spiro atoms. The summed E-state index contributed by atoms with van der Waals surface area (Å²) in [6.45, 7) is 1.31. The van der Waals surface area contributed by atoms with E-state index in [1.165, 1.54) is 10.9 Å². The van der Waals surface area contributed by atoms with Crippen LogP contribution in [0.1, 0.15) is 5.56 Å². The van der Waals surface area contributed by atoms with Crippen LogP contribution in [0, 0.1) is 0 Å². The van der Waals surface area contributed by atoms with Gasteiger partial charge in [-0.25, -0.2) is 0 Å². The van der Waals surface area contributed by atoms with Gasteiger partial charge in [0.1, 0.15) is 0 Å². The molecule has 0 atom stereocenters. The predicted molar refractivity (Wildman–Crippen MR) is 71.6 cm³/mol. The minimum absolute atomic E-state index is 0.213. The first-order valence-corrected chi connectivity index (χ1v) is 6.32. The van der Waals surface area contributed by atoms with Gasteiger partial charge < -0.3 is 4.98 Å². The normalized spacial score (nSPS) is 16.8. The van der Waals surface area contributed by atoms with Crippen molar-refractivity contribution in [3.8, 4) is 0 Å². The molecule has 2 N–H and O–H groups in total. The van der Waals surface area contributed by atoms with Crippen molar-refractivity contribution < 1.29 is 9.59 Å². The molecule has 0 bridgehead atoms. The summed E-state index contributed by atoms with van der Waals surface area (Å²) in [5.74, 6) is -0.426. The third-order valence-corrected chi connectivity index (χ3v) is 3.39. The second kappa shape index (κ2) is 4.85. The van der Waals surface area contributed by atoms with Gasteiger partial charge >= 0.3 is 0 Å². The van der Waals surface area contributed by atoms with Gasteiger partial charge in [-0.05, 0) is 18.1 Å². The second-order valence-electron chi connectivity index (χ2n) is 4.79. The molecule has 0 radical (unpaired) electrons. The van der Waals surface area contributed by atoms with Crippen molar-refractivity contribution >= 4 is 22.7 Å². The van der Waals surface area contributed by atoms with E-state index in [1.54, 1.807) is 0 Å². The van der Waals surface area contributed by atoms with E-state index < -0.39 is 0 Å². The van der Waals surface area contributed by atoms with Crippen LogP contribution in [0.15, 0.2) is 30.5 Å². The highest BCUT2D eigenvalue weighted by molar-refractivity contribution is 5.99. The molecule has 1 aliphatic rings. The van der Waals surface area contributed by atoms with Gasteiger partial charge in [0.25, 0.3) is 0 Å². The summed E-state index contributed by atoms with van der Waals surface area (Å²) in [5, 5.41) is 3.51. The van der Waals surface area contributed by atoms with Crippen molar-refractivity contribution in [2.75, 3.05) is 19.6 Å². The Labute approximate surface area is 110 Å². The number of imide groups is 1. The van der Waals surface area contributed by atoms with E-state index in [4.69, 9.17) is 0 Å². The summed E-state index contributed by atoms with van der Waals surface area (Å²) in [4.78, 5) is 27.7. The van der Waals surface area contributed by atoms with Crippen LogP contribution < -0.4 is 5.32 Å². The number of rotatable bonds is 3. The number of nitrogens with one attached hydrogen (secondary N) is 2. The maximum atomic E-state index is 11.3. The van der Waals surface area contributed by atoms with Gasteiger partial charge in [0.15, 0.2) is 0 Å². The molecular formula is C14H15N3O2. The summed E-state index contributed by atoms with van der Waals surface area (Å²) >= 11 is 0. The quantitative estimate of drug-likeness (QED) is 0.794. The van der Waals surface area contributed by atoms with Crippen LogP contribution in [-0.4, -0.2) is 41.3 Å². The molecule has 1 aliphatic heterocycles. The summed E-state index contributed by atoms with van der Waals surface area (Å²) in [6, 6.07) is 8.12. The molecule has 2 heterocycles. The highest BCUT2D eigenvalue weighted by Gasteiger charge is 2.21. The van der Waals surface area contributed by atoms with Gasteiger partial charge in [0.2, 0.25) is 11.8 Å². The Balaban J connectivity index is 1.69. The lowest BCUT2D eigenvalue weighted by Gasteiger charge is -2.24. The number of amides is 2. The fourth-order valence-corrected chi connectivity index (χ4v) is 2.47. The summed E-state index contributed by atoms with van der Waals surface area (Å²) < 4.78 is 0. The average molecular weight is 257 g/mol. The van der Waals surface area contributed by atoms with E-state index in [9.17, 15) is 9.59 Å². The monoisotopic (exact) mass is 257 g/mol. The minimum Gasteiger partial charge on any atom is -0.361 e. The topological polar surface area (TPSA) is 65.2 Å². The maximum absolute atomic E-state index is 11.3. The van der Waals surface area contributed by atoms with Crippen molar-refractivity contribution in [2.24, 2.45) is 0 Å². The molecule has 3 rings (SSSR count). The van der Waals surface area contributed by atoms with E-state index in [1.807, 2.05) is 29.3 Å². The zero-order valence-corrected chi connectivity index (χ0v) is 10.5. The van der Waals surface area contributed by atoms with E-state index >= 15 is 0 Å². The molecule has 1 aromatic carbocycles. The highest BCUT2D eigenvalue weighted by Crippen LogP contribution is 2.18. The average Bonchev–Trinajstić information content (AvgIpc) is 2.78. The standard InChI is InChI=1S/C14H15N3O2/c18-13-8-17(9-14(19)16-13)6-5-10-7-15-12-4-2-1-3-11(10)12/h1-4,7,15H,5-6,8-9H2,(H,16,18,19). The van der Waals surface area contributed by atoms with Gasteiger partial charge in [0, 0.05) is 23.6 Å². The first kappa shape index (κ1) is 11.9. The van der Waals surface area contributed by atoms with Crippen molar-refractivity contribution in [1.29, 1.82) is 0 Å². The number of fused-ring (bicyclic) bond motifs is 1. The van der Waals surface area contributed by atoms with Crippen LogP contribution >= 0.6 is 0 Å². The Morgan fingerprint density at radius 1 is 1.11 bits per heavy atom. The number of para-hydroxylation sites is 1. The number of H-pyrrole nitrogens is 1. The first-order valence-electron chi connectivity index (χ1n) is 6.32. The molecule has 1 saturated heterocycles. The number of nitrogens with zero attached hydrogens (tertiary/aromatic N) is 1. The summed E-state index contributed by atoms with van der Waals surface area (Å²) in [5.41, 5.74) is 2.33. The van der Waals surface area contributed by atoms with E-state index in [-0.39, 0.29) is 11.8 Å². The third kappa shape index (κ3) is 2.51. The molecule has 98 valence electrons. The fraction of sp³-hybridized carbons (Fsp3) is 0.286. The molecular weight excluding hydrogens is 242 g/mol. The molecule has 5 nitrogen and oxygen atoms in total. The zero-order valence-electron chi connectivity index (χ0n) is 10.5. The van der Waals surface area contributed by atoms with Crippen LogP contribution in [0.4, 0.5) is 0 Å². The number of hydrogen-bond acceptors (Lipinski definition) is 3. The van der Waals surface area contributed by atoms with Crippen molar-refractivity contribution in [2.45, 2.75) is 6.42 Å². The lowest BCUT2D eigenvalue weighted by atomic mass is 10.1. The number of benzene rings is 1. The zero-order chi connectivity index (χ0) is 13.2. The van der Waals surface area contributed by atoms with Crippen LogP contribution in [0.2, 0.25) is 0 Å². The Hall–Kier alpha value is -2.14. The smallest absolute Gasteiger partial charge is 0.240 e. The van der Waals surface area contributed by atoms with Crippen LogP contribution in [0.3, 0.4) is 0 Å². The van der Waals surface area contributed by atoms with Crippen LogP contribution in [0.25, 0.3) is 10.9 Å². The van der Waals surface area contributed by atoms with Crippen LogP contribution in [-0.2, 0) is 16.0 Å². The van der Waals surface area contributed by atoms with E-state index in [2.05, 4.69) is 16.4 Å². The number of piperazine rings is 1. The number of carbonyl (C=O) groups excluding carboxylic acids is 2. The van der Waals surface area contributed by atoms with Crippen molar-refractivity contribution in [3.05, 3.63) is 36.0 Å². The summed E-state index contributed by atoms with van der Waals surface area (Å²) in [7, 11) is 0. The predicted octanol–water partition coefficient (Wildman–Crippen LogP) is 0.669. The van der Waals surface area contributed by atoms with Gasteiger partial charge in [-0.3, -0.25) is 19.8 Å². The fourth-order valence-electron chi connectivity index (χ4n) is 2.47. The molecule has 5 heteroatoms. The lowest BCUT2D eigenvalue weighted by Crippen LogP contribution is -2.51. The largest absolute Gasteiger partial charge is 0.361 e. The molecule has 0 aliphatic carbocycles. The first-order chi connectivity index (χ1) is 9.22. The van der Waals surface area contributed by atoms with Gasteiger partial charge in [0.05, 0.1) is 13.1 Å². The van der Waals surface area contributed by atoms with Crippen LogP contribution in [0.5, 0.6) is 0 Å². The SMILES string of the molecule is O=C1CN(CCc2c[nH]c3ccccc23)CC(=O)N1. The molecule has 19 heavy (non-hydrogen) atoms. The van der Waals surface area contributed by atoms with Gasteiger partial charge in [-0.1, -0.05) is 18.2 Å². The maximum Gasteiger partial charge on any atom is 0.240 e. The number of aromatic nitrogens is 1. The summed E-state index contributed by atoms with van der Waals surface area (Å²) in [6.07, 6.45) is 2.82. The molecule has 0 saturated carbocycles. The third-order valence-electron chi connectivity index (χ3n) is 3.39. The second-order valence-corrected chi connectivity index (χ2v) is 4.79. The van der Waals surface area contributed by atoms with E-state index in [0.29, 0.717) is 19.6 Å². The molecule has 2 amide bonds. The minimum atomic E-state index is -0.213. The van der Waals surface area contributed by atoms with Gasteiger partial charge in [-0.15, -0.1) is 0 Å². The Morgan fingerprint density at radius 2 is 1.84 bits per heavy atom. The molecule has 2 aromatic rings. The number of carbonyl (C=O) groups is 2. The Morgan fingerprint density at radius 3 is 2.63 bits per heavy atom. The highest BCUT2D eigenvalue weighted by atomic mass is 16.2. The Bertz CT molecular complexity index is 616. The van der Waals surface area contributed by atoms with Gasteiger partial charge in [-0.2, -0.15) is 0 Å². The van der Waals surface area contributed by atoms with E-state index in [0.717, 1.165) is 11.9 Å². The lowest BCUT2D eigenvalue weighted by molar-refractivity contribution is -0.135. The Kier molecular flexibility index (Phi) is 3.05. The molecule has 1 fully saturated rings. The molecule has 1 aromatic heterocycles. The number of aromatic amines is 1. The number of hydrogen-bond donors (Lipinski definition) is 2. The van der Waals surface area contributed by atoms with Crippen molar-refractivity contribution in [3.63, 3.8) is 0 Å². The molecule has 0 unspecified atom stereocenters.